The van der Waals surface area contributed by atoms with Gasteiger partial charge < -0.3 is 10.2 Å². The predicted molar refractivity (Wildman–Crippen MR) is 45.4 cm³/mol. The highest BCUT2D eigenvalue weighted by Crippen LogP contribution is 1.86. The average Bonchev–Trinajstić information content (AvgIpc) is 1.83. The van der Waals surface area contributed by atoms with E-state index in [-0.39, 0.29) is 6.61 Å². The second kappa shape index (κ2) is 7.23. The first kappa shape index (κ1) is 14.1. The normalized spacial score (nSPS) is 12.7. The van der Waals surface area contributed by atoms with Crippen molar-refractivity contribution in [2.24, 2.45) is 0 Å². The van der Waals surface area contributed by atoms with Crippen molar-refractivity contribution in [2.45, 2.75) is 13.0 Å². The third-order valence-corrected chi connectivity index (χ3v) is 1.48. The summed E-state index contributed by atoms with van der Waals surface area (Å²) in [5.74, 6) is -0.590. The molecule has 0 saturated carbocycles. The van der Waals surface area contributed by atoms with Crippen LogP contribution in [-0.2, 0) is 10.1 Å². The van der Waals surface area contributed by atoms with E-state index >= 15 is 0 Å². The molecule has 0 aromatic rings. The van der Waals surface area contributed by atoms with Gasteiger partial charge in [0.2, 0.25) is 0 Å². The third kappa shape index (κ3) is 22.7. The van der Waals surface area contributed by atoms with Crippen molar-refractivity contribution in [3.63, 3.8) is 0 Å². The van der Waals surface area contributed by atoms with Gasteiger partial charge in [-0.1, -0.05) is 6.08 Å². The van der Waals surface area contributed by atoms with E-state index in [0.717, 1.165) is 0 Å². The molecule has 0 saturated heterocycles. The highest BCUT2D eigenvalue weighted by molar-refractivity contribution is 7.85. The van der Waals surface area contributed by atoms with Crippen LogP contribution in [0.4, 0.5) is 0 Å². The Morgan fingerprint density at radius 3 is 1.92 bits per heavy atom. The van der Waals surface area contributed by atoms with E-state index in [4.69, 9.17) is 14.8 Å². The van der Waals surface area contributed by atoms with Gasteiger partial charge in [0.15, 0.2) is 0 Å². The predicted octanol–water partition coefficient (Wildman–Crippen LogP) is -0.580. The van der Waals surface area contributed by atoms with E-state index in [9.17, 15) is 8.42 Å². The summed E-state index contributed by atoms with van der Waals surface area (Å²) in [6, 6.07) is 0. The molecule has 0 aliphatic rings. The van der Waals surface area contributed by atoms with E-state index in [0.29, 0.717) is 0 Å². The fourth-order valence-electron chi connectivity index (χ4n) is 0.305. The van der Waals surface area contributed by atoms with Crippen LogP contribution < -0.4 is 0 Å². The Morgan fingerprint density at radius 2 is 1.92 bits per heavy atom. The fraction of sp³-hybridized carbons (Fsp3) is 0.667. The van der Waals surface area contributed by atoms with Crippen LogP contribution in [0.2, 0.25) is 0 Å². The lowest BCUT2D eigenvalue weighted by molar-refractivity contribution is 0.215. The first-order chi connectivity index (χ1) is 5.33. The van der Waals surface area contributed by atoms with Crippen LogP contribution in [0.15, 0.2) is 12.7 Å². The summed E-state index contributed by atoms with van der Waals surface area (Å²) in [6.07, 6.45) is 0.435. The molecular formula is C6H14O5S. The molecule has 0 radical (unpaired) electrons. The lowest BCUT2D eigenvalue weighted by atomic mass is 10.5. The molecule has 3 N–H and O–H groups in total. The minimum absolute atomic E-state index is 0.0833. The van der Waals surface area contributed by atoms with E-state index in [1.54, 1.807) is 0 Å². The number of rotatable bonds is 3. The Balaban J connectivity index is 0. The zero-order chi connectivity index (χ0) is 10.2. The Kier molecular flexibility index (Phi) is 8.51. The van der Waals surface area contributed by atoms with Crippen LogP contribution in [0, 0.1) is 0 Å². The highest BCUT2D eigenvalue weighted by atomic mass is 32.2. The molecule has 1 atom stereocenters. The molecule has 74 valence electrons. The summed E-state index contributed by atoms with van der Waals surface area (Å²) in [7, 11) is -3.97. The minimum Gasteiger partial charge on any atom is -0.392 e. The maximum atomic E-state index is 9.84. The largest absolute Gasteiger partial charge is 0.392 e. The molecule has 0 spiro atoms. The lowest BCUT2D eigenvalue weighted by Gasteiger charge is -1.97. The molecule has 0 aromatic heterocycles. The van der Waals surface area contributed by atoms with Gasteiger partial charge in [-0.3, -0.25) is 4.55 Å². The first-order valence-corrected chi connectivity index (χ1v) is 4.79. The fourth-order valence-corrected chi connectivity index (χ4v) is 0.914. The van der Waals surface area contributed by atoms with Gasteiger partial charge >= 0.3 is 0 Å². The van der Waals surface area contributed by atoms with E-state index in [2.05, 4.69) is 6.58 Å². The first-order valence-electron chi connectivity index (χ1n) is 3.18. The molecule has 0 bridgehead atoms. The van der Waals surface area contributed by atoms with Gasteiger partial charge in [-0.2, -0.15) is 8.42 Å². The summed E-state index contributed by atoms with van der Waals surface area (Å²) in [5, 5.41) is 16.1. The summed E-state index contributed by atoms with van der Waals surface area (Å²) < 4.78 is 27.7. The van der Waals surface area contributed by atoms with E-state index in [1.807, 2.05) is 0 Å². The summed E-state index contributed by atoms with van der Waals surface area (Å²) in [6.45, 7) is 4.60. The second-order valence-corrected chi connectivity index (χ2v) is 3.57. The quantitative estimate of drug-likeness (QED) is 0.416. The standard InChI is InChI=1S/C3H8O4S.C3H6O/c1-3(4)2-8(5,6)7;1-2-3-4/h3-4H,2H2,1H3,(H,5,6,7);2,4H,1,3H2. The van der Waals surface area contributed by atoms with Crippen LogP contribution in [-0.4, -0.2) is 41.6 Å². The minimum atomic E-state index is -3.97. The van der Waals surface area contributed by atoms with Gasteiger partial charge in [-0.05, 0) is 6.92 Å². The van der Waals surface area contributed by atoms with Crippen LogP contribution >= 0.6 is 0 Å². The van der Waals surface area contributed by atoms with Crippen LogP contribution in [0.5, 0.6) is 0 Å². The van der Waals surface area contributed by atoms with E-state index < -0.39 is 22.0 Å². The van der Waals surface area contributed by atoms with Crippen molar-refractivity contribution in [1.82, 2.24) is 0 Å². The summed E-state index contributed by atoms with van der Waals surface area (Å²) in [5.41, 5.74) is 0. The number of aliphatic hydroxyl groups excluding tert-OH is 2. The van der Waals surface area contributed by atoms with Crippen LogP contribution in [0.1, 0.15) is 6.92 Å². The maximum Gasteiger partial charge on any atom is 0.267 e. The Labute approximate surface area is 72.1 Å². The smallest absolute Gasteiger partial charge is 0.267 e. The highest BCUT2D eigenvalue weighted by Gasteiger charge is 2.07. The second-order valence-electron chi connectivity index (χ2n) is 2.07. The molecule has 0 heterocycles. The van der Waals surface area contributed by atoms with Gasteiger partial charge in [0.1, 0.15) is 5.75 Å². The Bertz CT molecular complexity index is 194. The lowest BCUT2D eigenvalue weighted by Crippen LogP contribution is -2.16. The van der Waals surface area contributed by atoms with Gasteiger partial charge in [0, 0.05) is 0 Å². The molecule has 0 amide bonds. The Hall–Kier alpha value is -0.430. The Morgan fingerprint density at radius 1 is 1.58 bits per heavy atom. The van der Waals surface area contributed by atoms with E-state index in [1.165, 1.54) is 13.0 Å². The molecule has 0 rings (SSSR count). The summed E-state index contributed by atoms with van der Waals surface area (Å²) >= 11 is 0. The third-order valence-electron chi connectivity index (χ3n) is 0.581. The van der Waals surface area contributed by atoms with Crippen molar-refractivity contribution in [1.29, 1.82) is 0 Å². The van der Waals surface area contributed by atoms with Crippen LogP contribution in [0.25, 0.3) is 0 Å². The van der Waals surface area contributed by atoms with Crippen molar-refractivity contribution in [2.75, 3.05) is 12.4 Å². The molecular weight excluding hydrogens is 184 g/mol. The molecule has 5 nitrogen and oxygen atoms in total. The van der Waals surface area contributed by atoms with Gasteiger partial charge in [0.05, 0.1) is 12.7 Å². The average molecular weight is 198 g/mol. The number of aliphatic hydroxyl groups is 2. The van der Waals surface area contributed by atoms with Crippen molar-refractivity contribution in [3.05, 3.63) is 12.7 Å². The maximum absolute atomic E-state index is 9.84. The number of hydrogen-bond donors (Lipinski definition) is 3. The molecule has 0 aromatic carbocycles. The van der Waals surface area contributed by atoms with Crippen molar-refractivity contribution < 1.29 is 23.2 Å². The monoisotopic (exact) mass is 198 g/mol. The van der Waals surface area contributed by atoms with Crippen LogP contribution in [0.3, 0.4) is 0 Å². The molecule has 1 unspecified atom stereocenters. The molecule has 0 fully saturated rings. The summed E-state index contributed by atoms with van der Waals surface area (Å²) in [4.78, 5) is 0. The molecule has 6 heteroatoms. The zero-order valence-corrected chi connectivity index (χ0v) is 7.66. The number of hydrogen-bond acceptors (Lipinski definition) is 4. The zero-order valence-electron chi connectivity index (χ0n) is 6.84. The van der Waals surface area contributed by atoms with Crippen molar-refractivity contribution in [3.8, 4) is 0 Å². The van der Waals surface area contributed by atoms with Crippen molar-refractivity contribution >= 4 is 10.1 Å². The molecule has 12 heavy (non-hydrogen) atoms. The topological polar surface area (TPSA) is 94.8 Å². The SMILES string of the molecule is C=CCO.CC(O)CS(=O)(=O)O. The van der Waals surface area contributed by atoms with Gasteiger partial charge in [0.25, 0.3) is 10.1 Å². The van der Waals surface area contributed by atoms with Gasteiger partial charge in [-0.25, -0.2) is 0 Å². The van der Waals surface area contributed by atoms with Gasteiger partial charge in [-0.15, -0.1) is 6.58 Å². The molecule has 0 aliphatic carbocycles. The molecule has 0 aliphatic heterocycles.